The summed E-state index contributed by atoms with van der Waals surface area (Å²) in [5, 5.41) is 0. The predicted molar refractivity (Wildman–Crippen MR) is 119 cm³/mol. The lowest BCUT2D eigenvalue weighted by Crippen LogP contribution is -2.47. The molecule has 0 amide bonds. The Morgan fingerprint density at radius 1 is 0.788 bits per heavy atom. The third-order valence-electron chi connectivity index (χ3n) is 6.27. The Morgan fingerprint density at radius 3 is 2.03 bits per heavy atom. The van der Waals surface area contributed by atoms with E-state index in [4.69, 9.17) is 33.2 Å². The minimum atomic E-state index is -0.527. The summed E-state index contributed by atoms with van der Waals surface area (Å²) < 4.78 is 41.2. The average Bonchev–Trinajstić information content (AvgIpc) is 2.80. The highest BCUT2D eigenvalue weighted by Gasteiger charge is 2.37. The van der Waals surface area contributed by atoms with E-state index in [1.165, 1.54) is 6.08 Å². The molecule has 1 aromatic carbocycles. The maximum Gasteiger partial charge on any atom is 0.200 e. The number of rotatable bonds is 7. The molecule has 1 aromatic rings. The Morgan fingerprint density at radius 2 is 1.39 bits per heavy atom. The van der Waals surface area contributed by atoms with E-state index in [0.29, 0.717) is 0 Å². The lowest BCUT2D eigenvalue weighted by atomic mass is 10.0. The van der Waals surface area contributed by atoms with Gasteiger partial charge in [-0.2, -0.15) is 0 Å². The van der Waals surface area contributed by atoms with E-state index in [2.05, 4.69) is 0 Å². The lowest BCUT2D eigenvalue weighted by molar-refractivity contribution is -0.286. The lowest BCUT2D eigenvalue weighted by Gasteiger charge is -2.40. The van der Waals surface area contributed by atoms with E-state index >= 15 is 0 Å². The molecule has 33 heavy (non-hydrogen) atoms. The van der Waals surface area contributed by atoms with Crippen molar-refractivity contribution in [2.75, 3.05) is 7.11 Å². The van der Waals surface area contributed by atoms with Gasteiger partial charge in [0.25, 0.3) is 0 Å². The van der Waals surface area contributed by atoms with E-state index in [0.717, 1.165) is 37.2 Å². The first kappa shape index (κ1) is 24.2. The van der Waals surface area contributed by atoms with Gasteiger partial charge in [-0.1, -0.05) is 0 Å². The average molecular weight is 463 g/mol. The van der Waals surface area contributed by atoms with Crippen molar-refractivity contribution >= 4 is 5.78 Å². The highest BCUT2D eigenvalue weighted by molar-refractivity contribution is 5.93. The number of carbonyl (C=O) groups is 1. The Kier molecular flexibility index (Phi) is 8.03. The quantitative estimate of drug-likeness (QED) is 0.606. The number of carbonyl (C=O) groups excluding carboxylic acids is 1. The van der Waals surface area contributed by atoms with Crippen molar-refractivity contribution in [3.63, 3.8) is 0 Å². The Balaban J connectivity index is 1.21. The second kappa shape index (κ2) is 11.0. The molecule has 0 spiro atoms. The molecule has 8 atom stereocenters. The highest BCUT2D eigenvalue weighted by Crippen LogP contribution is 2.30. The first-order valence-corrected chi connectivity index (χ1v) is 11.7. The fourth-order valence-corrected chi connectivity index (χ4v) is 4.28. The standard InChI is InChI=1S/C25H34O8/c1-15-20(26)9-12-24(28-15)32-22-11-14-25(30-17(22)3)33-21-10-13-23(29-16(21)2)31-19-7-5-18(27-4)6-8-19/h5-9,12,15-17,21-25H,10-11,13-14H2,1-4H3/t15-,16-,17-,21-,22-,23-,24-,25-/m0/s1. The van der Waals surface area contributed by atoms with E-state index < -0.39 is 12.4 Å². The Labute approximate surface area is 195 Å². The first-order chi connectivity index (χ1) is 15.9. The topological polar surface area (TPSA) is 81.7 Å². The number of hydrogen-bond acceptors (Lipinski definition) is 8. The van der Waals surface area contributed by atoms with Crippen molar-refractivity contribution in [3.8, 4) is 11.5 Å². The maximum atomic E-state index is 11.6. The van der Waals surface area contributed by atoms with Crippen molar-refractivity contribution in [2.45, 2.75) is 95.8 Å². The minimum Gasteiger partial charge on any atom is -0.497 e. The molecule has 0 N–H and O–H groups in total. The van der Waals surface area contributed by atoms with Crippen LogP contribution in [0.3, 0.4) is 0 Å². The molecule has 0 bridgehead atoms. The molecule has 3 aliphatic rings. The smallest absolute Gasteiger partial charge is 0.200 e. The Hall–Kier alpha value is -1.97. The van der Waals surface area contributed by atoms with Crippen molar-refractivity contribution < 1.29 is 38.0 Å². The molecule has 8 heteroatoms. The number of ketones is 1. The van der Waals surface area contributed by atoms with Crippen LogP contribution in [0.25, 0.3) is 0 Å². The zero-order valence-electron chi connectivity index (χ0n) is 19.7. The van der Waals surface area contributed by atoms with Crippen LogP contribution in [0, 0.1) is 0 Å². The van der Waals surface area contributed by atoms with Gasteiger partial charge in [-0.25, -0.2) is 0 Å². The SMILES string of the molecule is COc1ccc(O[C@H]2CC[C@H](O[C@H]3CC[C@H](O[C@H]4C=CC(=O)[C@H](C)O4)[C@H](C)O3)[C@H](C)O2)cc1. The van der Waals surface area contributed by atoms with Gasteiger partial charge >= 0.3 is 0 Å². The van der Waals surface area contributed by atoms with Crippen LogP contribution in [0.5, 0.6) is 11.5 Å². The maximum absolute atomic E-state index is 11.6. The van der Waals surface area contributed by atoms with Crippen LogP contribution >= 0.6 is 0 Å². The summed E-state index contributed by atoms with van der Waals surface area (Å²) in [5.41, 5.74) is 0. The molecule has 2 saturated heterocycles. The summed E-state index contributed by atoms with van der Waals surface area (Å²) >= 11 is 0. The number of hydrogen-bond donors (Lipinski definition) is 0. The van der Waals surface area contributed by atoms with Gasteiger partial charge in [0.2, 0.25) is 0 Å². The van der Waals surface area contributed by atoms with Crippen LogP contribution in [0.15, 0.2) is 36.4 Å². The number of benzene rings is 1. The third kappa shape index (κ3) is 6.33. The van der Waals surface area contributed by atoms with Gasteiger partial charge in [0.1, 0.15) is 17.6 Å². The van der Waals surface area contributed by atoms with E-state index in [1.807, 2.05) is 38.1 Å². The monoisotopic (exact) mass is 462 g/mol. The molecular formula is C25H34O8. The summed E-state index contributed by atoms with van der Waals surface area (Å²) in [5.74, 6) is 1.49. The van der Waals surface area contributed by atoms with Crippen LogP contribution in [0.2, 0.25) is 0 Å². The summed E-state index contributed by atoms with van der Waals surface area (Å²) in [6, 6.07) is 7.47. The molecule has 0 aromatic heterocycles. The van der Waals surface area contributed by atoms with Crippen LogP contribution in [-0.2, 0) is 28.5 Å². The molecule has 2 fully saturated rings. The first-order valence-electron chi connectivity index (χ1n) is 11.7. The summed E-state index contributed by atoms with van der Waals surface area (Å²) in [7, 11) is 1.64. The molecule has 0 radical (unpaired) electrons. The highest BCUT2D eigenvalue weighted by atomic mass is 16.7. The zero-order valence-corrected chi connectivity index (χ0v) is 19.7. The minimum absolute atomic E-state index is 0.0447. The van der Waals surface area contributed by atoms with E-state index in [9.17, 15) is 4.79 Å². The van der Waals surface area contributed by atoms with Gasteiger partial charge in [-0.05, 0) is 70.0 Å². The van der Waals surface area contributed by atoms with Crippen molar-refractivity contribution in [1.29, 1.82) is 0 Å². The molecule has 8 nitrogen and oxygen atoms in total. The van der Waals surface area contributed by atoms with E-state index in [1.54, 1.807) is 20.1 Å². The number of methoxy groups -OCH3 is 1. The fraction of sp³-hybridized carbons (Fsp3) is 0.640. The molecule has 4 rings (SSSR count). The van der Waals surface area contributed by atoms with Crippen LogP contribution < -0.4 is 9.47 Å². The van der Waals surface area contributed by atoms with Crippen LogP contribution in [-0.4, -0.2) is 62.3 Å². The van der Waals surface area contributed by atoms with Gasteiger partial charge < -0.3 is 33.2 Å². The second-order valence-corrected chi connectivity index (χ2v) is 8.75. The van der Waals surface area contributed by atoms with Crippen molar-refractivity contribution in [3.05, 3.63) is 36.4 Å². The third-order valence-corrected chi connectivity index (χ3v) is 6.27. The fourth-order valence-electron chi connectivity index (χ4n) is 4.28. The molecule has 182 valence electrons. The van der Waals surface area contributed by atoms with Crippen molar-refractivity contribution in [1.82, 2.24) is 0 Å². The molecule has 3 aliphatic heterocycles. The normalized spacial score (nSPS) is 37.0. The van der Waals surface area contributed by atoms with Gasteiger partial charge in [-0.3, -0.25) is 4.79 Å². The van der Waals surface area contributed by atoms with Gasteiger partial charge in [-0.15, -0.1) is 0 Å². The second-order valence-electron chi connectivity index (χ2n) is 8.75. The Bertz CT molecular complexity index is 809. The van der Waals surface area contributed by atoms with E-state index in [-0.39, 0.29) is 42.8 Å². The molecular weight excluding hydrogens is 428 g/mol. The number of ether oxygens (including phenoxy) is 7. The predicted octanol–water partition coefficient (Wildman–Crippen LogP) is 3.76. The van der Waals surface area contributed by atoms with Gasteiger partial charge in [0, 0.05) is 12.8 Å². The zero-order chi connectivity index (χ0) is 23.4. The van der Waals surface area contributed by atoms with Gasteiger partial charge in [0.15, 0.2) is 24.7 Å². The molecule has 0 aliphatic carbocycles. The van der Waals surface area contributed by atoms with Gasteiger partial charge in [0.05, 0.1) is 31.5 Å². The molecule has 3 heterocycles. The summed E-state index contributed by atoms with van der Waals surface area (Å²) in [6.07, 6.45) is 4.15. The molecule has 0 unspecified atom stereocenters. The van der Waals surface area contributed by atoms with Crippen molar-refractivity contribution in [2.24, 2.45) is 0 Å². The summed E-state index contributed by atoms with van der Waals surface area (Å²) in [4.78, 5) is 11.6. The molecule has 0 saturated carbocycles. The van der Waals surface area contributed by atoms with Crippen LogP contribution in [0.1, 0.15) is 46.5 Å². The largest absolute Gasteiger partial charge is 0.497 e. The van der Waals surface area contributed by atoms with Crippen LogP contribution in [0.4, 0.5) is 0 Å². The summed E-state index contributed by atoms with van der Waals surface area (Å²) in [6.45, 7) is 5.70.